The van der Waals surface area contributed by atoms with Gasteiger partial charge in [0.25, 0.3) is 0 Å². The van der Waals surface area contributed by atoms with Crippen molar-refractivity contribution >= 4 is 22.9 Å². The molecule has 0 fully saturated rings. The van der Waals surface area contributed by atoms with Crippen LogP contribution in [0.2, 0.25) is 0 Å². The quantitative estimate of drug-likeness (QED) is 0.260. The van der Waals surface area contributed by atoms with Crippen LogP contribution in [0.15, 0.2) is 82.8 Å². The molecule has 36 heavy (non-hydrogen) atoms. The fraction of sp³-hybridized carbons (Fsp3) is 0.406. The van der Waals surface area contributed by atoms with Crippen LogP contribution < -0.4 is 5.32 Å². The Kier molecular flexibility index (Phi) is 10.4. The zero-order valence-electron chi connectivity index (χ0n) is 22.4. The summed E-state index contributed by atoms with van der Waals surface area (Å²) in [5, 5.41) is 3.44. The lowest BCUT2D eigenvalue weighted by molar-refractivity contribution is -0.118. The van der Waals surface area contributed by atoms with Crippen LogP contribution in [0.4, 0.5) is 5.69 Å². The molecule has 0 saturated heterocycles. The zero-order valence-corrected chi connectivity index (χ0v) is 22.4. The number of Topliss-reactive ketones (excluding diaryl/α,β-unsaturated/α-hetero) is 1. The molecule has 0 bridgehead atoms. The number of ketones is 1. The highest BCUT2D eigenvalue weighted by Crippen LogP contribution is 2.20. The maximum Gasteiger partial charge on any atom is 0.141 e. The molecule has 4 heteroatoms. The van der Waals surface area contributed by atoms with Crippen LogP contribution in [0.1, 0.15) is 63.1 Å². The van der Waals surface area contributed by atoms with Crippen LogP contribution in [0.3, 0.4) is 0 Å². The Hall–Kier alpha value is -3.27. The van der Waals surface area contributed by atoms with Gasteiger partial charge in [0, 0.05) is 43.4 Å². The van der Waals surface area contributed by atoms with Gasteiger partial charge in [-0.15, -0.1) is 6.58 Å². The molecule has 1 heterocycles. The first-order valence-electron chi connectivity index (χ1n) is 13.1. The van der Waals surface area contributed by atoms with Crippen LogP contribution in [-0.2, 0) is 17.6 Å². The number of nitrogens with zero attached hydrogens (tertiary/aromatic N) is 2. The van der Waals surface area contributed by atoms with E-state index in [-0.39, 0.29) is 11.8 Å². The number of rotatable bonds is 12. The van der Waals surface area contributed by atoms with E-state index in [4.69, 9.17) is 4.99 Å². The largest absolute Gasteiger partial charge is 0.380 e. The molecule has 2 aromatic rings. The van der Waals surface area contributed by atoms with Gasteiger partial charge >= 0.3 is 0 Å². The number of hydrogen-bond acceptors (Lipinski definition) is 4. The standard InChI is InChI=1S/C32H41N3O/c1-6-7-9-25-13-15-28(16-14-25)34-22-29-20-30(36)21-32(35-29)24(4)12-17-31(33-5)27-11-8-10-26(19-27)18-23(2)3/h6,8,10-16,19,23,32,34H,1,7,9,17-18,20-22H2,2-5H3. The summed E-state index contributed by atoms with van der Waals surface area (Å²) < 4.78 is 0. The van der Waals surface area contributed by atoms with Crippen molar-refractivity contribution in [3.05, 3.63) is 89.5 Å². The molecular weight excluding hydrogens is 442 g/mol. The zero-order chi connectivity index (χ0) is 25.9. The van der Waals surface area contributed by atoms with E-state index in [0.29, 0.717) is 25.3 Å². The van der Waals surface area contributed by atoms with Crippen molar-refractivity contribution in [2.24, 2.45) is 15.9 Å². The second-order valence-corrected chi connectivity index (χ2v) is 10.1. The molecule has 0 amide bonds. The van der Waals surface area contributed by atoms with Crippen molar-refractivity contribution in [2.75, 3.05) is 18.9 Å². The van der Waals surface area contributed by atoms with Gasteiger partial charge in [-0.3, -0.25) is 14.8 Å². The van der Waals surface area contributed by atoms with E-state index >= 15 is 0 Å². The van der Waals surface area contributed by atoms with Gasteiger partial charge in [-0.05, 0) is 67.0 Å². The Morgan fingerprint density at radius 3 is 2.67 bits per heavy atom. The van der Waals surface area contributed by atoms with E-state index in [9.17, 15) is 4.79 Å². The van der Waals surface area contributed by atoms with Gasteiger partial charge in [-0.2, -0.15) is 0 Å². The first kappa shape index (κ1) is 27.3. The van der Waals surface area contributed by atoms with Crippen molar-refractivity contribution in [3.63, 3.8) is 0 Å². The summed E-state index contributed by atoms with van der Waals surface area (Å²) in [6.45, 7) is 10.9. The number of nitrogens with one attached hydrogen (secondary N) is 1. The van der Waals surface area contributed by atoms with E-state index in [1.54, 1.807) is 0 Å². The molecule has 0 spiro atoms. The number of anilines is 1. The van der Waals surface area contributed by atoms with Crippen LogP contribution in [-0.4, -0.2) is 36.8 Å². The second kappa shape index (κ2) is 13.7. The molecule has 1 aliphatic heterocycles. The minimum atomic E-state index is -0.0882. The summed E-state index contributed by atoms with van der Waals surface area (Å²) in [4.78, 5) is 22.0. The van der Waals surface area contributed by atoms with Crippen molar-refractivity contribution in [1.82, 2.24) is 0 Å². The van der Waals surface area contributed by atoms with E-state index < -0.39 is 0 Å². The van der Waals surface area contributed by atoms with Gasteiger partial charge in [0.2, 0.25) is 0 Å². The van der Waals surface area contributed by atoms with Crippen LogP contribution in [0, 0.1) is 5.92 Å². The number of hydrogen-bond donors (Lipinski definition) is 1. The van der Waals surface area contributed by atoms with E-state index in [0.717, 1.165) is 48.4 Å². The number of carbonyl (C=O) groups is 1. The van der Waals surface area contributed by atoms with Crippen LogP contribution in [0.25, 0.3) is 0 Å². The second-order valence-electron chi connectivity index (χ2n) is 10.1. The Morgan fingerprint density at radius 2 is 1.97 bits per heavy atom. The molecule has 4 nitrogen and oxygen atoms in total. The monoisotopic (exact) mass is 483 g/mol. The predicted molar refractivity (Wildman–Crippen MR) is 155 cm³/mol. The van der Waals surface area contributed by atoms with Gasteiger partial charge < -0.3 is 5.32 Å². The summed E-state index contributed by atoms with van der Waals surface area (Å²) >= 11 is 0. The molecule has 3 rings (SSSR count). The Morgan fingerprint density at radius 1 is 1.19 bits per heavy atom. The highest BCUT2D eigenvalue weighted by molar-refractivity contribution is 6.06. The molecule has 0 saturated carbocycles. The lowest BCUT2D eigenvalue weighted by atomic mass is 9.94. The molecule has 1 atom stereocenters. The van der Waals surface area contributed by atoms with Gasteiger partial charge in [-0.1, -0.05) is 61.9 Å². The third kappa shape index (κ3) is 8.44. The minimum Gasteiger partial charge on any atom is -0.380 e. The fourth-order valence-corrected chi connectivity index (χ4v) is 4.54. The Labute approximate surface area is 217 Å². The van der Waals surface area contributed by atoms with E-state index in [2.05, 4.69) is 92.3 Å². The van der Waals surface area contributed by atoms with Crippen molar-refractivity contribution in [3.8, 4) is 0 Å². The molecule has 0 aliphatic carbocycles. The molecule has 1 N–H and O–H groups in total. The third-order valence-electron chi connectivity index (χ3n) is 6.57. The highest BCUT2D eigenvalue weighted by Gasteiger charge is 2.22. The third-order valence-corrected chi connectivity index (χ3v) is 6.57. The molecular formula is C32H41N3O. The average Bonchev–Trinajstić information content (AvgIpc) is 2.86. The first-order chi connectivity index (χ1) is 17.4. The molecule has 2 aromatic carbocycles. The molecule has 190 valence electrons. The van der Waals surface area contributed by atoms with E-state index in [1.165, 1.54) is 16.7 Å². The fourth-order valence-electron chi connectivity index (χ4n) is 4.54. The number of aliphatic imine (C=N–C) groups is 2. The SMILES string of the molecule is C=CCCc1ccc(NCC2=NC(C(C)=CCC(=NC)c3cccc(CC(C)C)c3)CC(=O)C2)cc1. The summed E-state index contributed by atoms with van der Waals surface area (Å²) in [7, 11) is 1.85. The predicted octanol–water partition coefficient (Wildman–Crippen LogP) is 7.04. The summed E-state index contributed by atoms with van der Waals surface area (Å²) in [5.74, 6) is 0.876. The lowest BCUT2D eigenvalue weighted by Gasteiger charge is -2.21. The van der Waals surface area contributed by atoms with Crippen molar-refractivity contribution < 1.29 is 4.79 Å². The summed E-state index contributed by atoms with van der Waals surface area (Å²) in [5.41, 5.74) is 7.97. The van der Waals surface area contributed by atoms with Crippen molar-refractivity contribution in [1.29, 1.82) is 0 Å². The maximum absolute atomic E-state index is 12.5. The smallest absolute Gasteiger partial charge is 0.141 e. The maximum atomic E-state index is 12.5. The number of aryl methyl sites for hydroxylation is 1. The minimum absolute atomic E-state index is 0.0882. The molecule has 0 aromatic heterocycles. The molecule has 0 radical (unpaired) electrons. The van der Waals surface area contributed by atoms with Gasteiger partial charge in [0.15, 0.2) is 0 Å². The molecule has 1 aliphatic rings. The molecule has 1 unspecified atom stereocenters. The average molecular weight is 484 g/mol. The topological polar surface area (TPSA) is 53.8 Å². The Bertz CT molecular complexity index is 1120. The number of carbonyl (C=O) groups excluding carboxylic acids is 1. The normalized spacial score (nSPS) is 16.8. The van der Waals surface area contributed by atoms with Gasteiger partial charge in [0.1, 0.15) is 5.78 Å². The van der Waals surface area contributed by atoms with Crippen LogP contribution >= 0.6 is 0 Å². The first-order valence-corrected chi connectivity index (χ1v) is 13.1. The summed E-state index contributed by atoms with van der Waals surface area (Å²) in [6, 6.07) is 17.1. The highest BCUT2D eigenvalue weighted by atomic mass is 16.1. The Balaban J connectivity index is 1.63. The van der Waals surface area contributed by atoms with Crippen LogP contribution in [0.5, 0.6) is 0 Å². The number of allylic oxidation sites excluding steroid dienone is 2. The van der Waals surface area contributed by atoms with Crippen molar-refractivity contribution in [2.45, 2.75) is 65.3 Å². The lowest BCUT2D eigenvalue weighted by Crippen LogP contribution is -2.28. The van der Waals surface area contributed by atoms with E-state index in [1.807, 2.05) is 13.1 Å². The van der Waals surface area contributed by atoms with Gasteiger partial charge in [-0.25, -0.2) is 0 Å². The number of benzene rings is 2. The van der Waals surface area contributed by atoms with Gasteiger partial charge in [0.05, 0.1) is 12.6 Å². The summed E-state index contributed by atoms with van der Waals surface area (Å²) in [6.07, 6.45) is 8.83.